The monoisotopic (exact) mass is 297 g/mol. The summed E-state index contributed by atoms with van der Waals surface area (Å²) in [7, 11) is 1.48. The van der Waals surface area contributed by atoms with Gasteiger partial charge in [-0.2, -0.15) is 0 Å². The van der Waals surface area contributed by atoms with Gasteiger partial charge in [-0.25, -0.2) is 0 Å². The molecule has 0 bridgehead atoms. The number of pyridine rings is 1. The summed E-state index contributed by atoms with van der Waals surface area (Å²) < 4.78 is 5.09. The van der Waals surface area contributed by atoms with Crippen LogP contribution in [-0.2, 0) is 0 Å². The molecule has 1 unspecified atom stereocenters. The van der Waals surface area contributed by atoms with Crippen molar-refractivity contribution in [1.29, 1.82) is 0 Å². The first-order chi connectivity index (χ1) is 10.6. The third-order valence-corrected chi connectivity index (χ3v) is 3.56. The van der Waals surface area contributed by atoms with E-state index in [0.717, 1.165) is 5.39 Å². The van der Waals surface area contributed by atoms with Gasteiger partial charge in [0.25, 0.3) is 0 Å². The Bertz CT molecular complexity index is 815. The number of rotatable bonds is 3. The van der Waals surface area contributed by atoms with Crippen LogP contribution >= 0.6 is 0 Å². The average molecular weight is 297 g/mol. The number of hydrogen-bond donors (Lipinski definition) is 3. The number of phenolic OH excluding ortho intramolecular Hbond substituents is 2. The number of nitrogens with zero attached hydrogens (tertiary/aromatic N) is 1. The van der Waals surface area contributed by atoms with E-state index >= 15 is 0 Å². The highest BCUT2D eigenvalue weighted by atomic mass is 16.5. The summed E-state index contributed by atoms with van der Waals surface area (Å²) in [6.07, 6.45) is 0.634. The third-order valence-electron chi connectivity index (χ3n) is 3.56. The number of phenols is 2. The predicted octanol–water partition coefficient (Wildman–Crippen LogP) is 2.74. The fourth-order valence-electron chi connectivity index (χ4n) is 2.41. The summed E-state index contributed by atoms with van der Waals surface area (Å²) in [6, 6.07) is 11.3. The van der Waals surface area contributed by atoms with E-state index in [4.69, 9.17) is 4.74 Å². The van der Waals surface area contributed by atoms with E-state index in [1.165, 1.54) is 25.3 Å². The van der Waals surface area contributed by atoms with Crippen LogP contribution < -0.4 is 4.74 Å². The van der Waals surface area contributed by atoms with Crippen molar-refractivity contribution in [2.24, 2.45) is 0 Å². The molecule has 0 aliphatic heterocycles. The normalized spacial score (nSPS) is 12.3. The maximum atomic E-state index is 10.5. The second-order valence-corrected chi connectivity index (χ2v) is 4.94. The van der Waals surface area contributed by atoms with Gasteiger partial charge in [-0.05, 0) is 41.3 Å². The minimum absolute atomic E-state index is 0.0119. The molecule has 1 aromatic heterocycles. The standard InChI is InChI=1S/C17H15NO4/c1-22-15-8-11-6-7-18-16(13(11)9-14(15)20)17(21)10-2-4-12(19)5-3-10/h2-9,17,19-21H,1H3. The number of aromatic nitrogens is 1. The molecular weight excluding hydrogens is 282 g/mol. The lowest BCUT2D eigenvalue weighted by Gasteiger charge is -2.14. The Kier molecular flexibility index (Phi) is 3.56. The number of aliphatic hydroxyl groups excluding tert-OH is 1. The Balaban J connectivity index is 2.14. The van der Waals surface area contributed by atoms with E-state index in [1.807, 2.05) is 0 Å². The van der Waals surface area contributed by atoms with E-state index < -0.39 is 6.10 Å². The molecule has 3 aromatic rings. The number of methoxy groups -OCH3 is 1. The Hall–Kier alpha value is -2.79. The lowest BCUT2D eigenvalue weighted by Crippen LogP contribution is -2.03. The molecular formula is C17H15NO4. The Labute approximate surface area is 127 Å². The maximum Gasteiger partial charge on any atom is 0.161 e. The summed E-state index contributed by atoms with van der Waals surface area (Å²) in [5.74, 6) is 0.482. The Morgan fingerprint density at radius 3 is 2.45 bits per heavy atom. The number of aromatic hydroxyl groups is 2. The highest BCUT2D eigenvalue weighted by Gasteiger charge is 2.17. The lowest BCUT2D eigenvalue weighted by atomic mass is 10.0. The van der Waals surface area contributed by atoms with Crippen molar-refractivity contribution in [2.45, 2.75) is 6.10 Å². The number of benzene rings is 2. The molecule has 5 heteroatoms. The second kappa shape index (κ2) is 5.54. The van der Waals surface area contributed by atoms with Gasteiger partial charge < -0.3 is 20.1 Å². The van der Waals surface area contributed by atoms with Gasteiger partial charge in [0.05, 0.1) is 12.8 Å². The zero-order valence-corrected chi connectivity index (χ0v) is 11.9. The molecule has 0 aliphatic carbocycles. The van der Waals surface area contributed by atoms with Gasteiger partial charge in [0, 0.05) is 11.6 Å². The molecule has 5 nitrogen and oxygen atoms in total. The average Bonchev–Trinajstić information content (AvgIpc) is 2.53. The first-order valence-corrected chi connectivity index (χ1v) is 6.73. The van der Waals surface area contributed by atoms with E-state index in [0.29, 0.717) is 22.4 Å². The third kappa shape index (κ3) is 2.42. The first-order valence-electron chi connectivity index (χ1n) is 6.73. The number of ether oxygens (including phenoxy) is 1. The van der Waals surface area contributed by atoms with Gasteiger partial charge in [-0.3, -0.25) is 4.98 Å². The summed E-state index contributed by atoms with van der Waals surface area (Å²) in [6.45, 7) is 0. The maximum absolute atomic E-state index is 10.5. The molecule has 3 rings (SSSR count). The van der Waals surface area contributed by atoms with Crippen LogP contribution in [0.15, 0.2) is 48.7 Å². The summed E-state index contributed by atoms with van der Waals surface area (Å²) >= 11 is 0. The van der Waals surface area contributed by atoms with E-state index in [1.54, 1.807) is 30.5 Å². The van der Waals surface area contributed by atoms with Gasteiger partial charge in [0.1, 0.15) is 11.9 Å². The fraction of sp³-hybridized carbons (Fsp3) is 0.118. The van der Waals surface area contributed by atoms with Crippen molar-refractivity contribution in [3.63, 3.8) is 0 Å². The summed E-state index contributed by atoms with van der Waals surface area (Å²) in [5.41, 5.74) is 1.04. The van der Waals surface area contributed by atoms with E-state index in [9.17, 15) is 15.3 Å². The van der Waals surface area contributed by atoms with Crippen LogP contribution in [0.2, 0.25) is 0 Å². The highest BCUT2D eigenvalue weighted by Crippen LogP contribution is 2.35. The zero-order chi connectivity index (χ0) is 15.7. The molecule has 22 heavy (non-hydrogen) atoms. The van der Waals surface area contributed by atoms with E-state index in [2.05, 4.69) is 4.98 Å². The Morgan fingerprint density at radius 1 is 1.05 bits per heavy atom. The molecule has 0 amide bonds. The molecule has 0 saturated heterocycles. The molecule has 0 spiro atoms. The largest absolute Gasteiger partial charge is 0.508 e. The van der Waals surface area contributed by atoms with Crippen molar-refractivity contribution in [3.05, 3.63) is 59.9 Å². The molecule has 0 saturated carbocycles. The molecule has 2 aromatic carbocycles. The topological polar surface area (TPSA) is 82.8 Å². The molecule has 0 aliphatic rings. The minimum Gasteiger partial charge on any atom is -0.508 e. The van der Waals surface area contributed by atoms with Crippen LogP contribution in [0.1, 0.15) is 17.4 Å². The van der Waals surface area contributed by atoms with Crippen molar-refractivity contribution in [3.8, 4) is 17.2 Å². The minimum atomic E-state index is -0.961. The SMILES string of the molecule is COc1cc2ccnc(C(O)c3ccc(O)cc3)c2cc1O. The van der Waals surface area contributed by atoms with Crippen LogP contribution in [0, 0.1) is 0 Å². The van der Waals surface area contributed by atoms with Gasteiger partial charge in [0.2, 0.25) is 0 Å². The number of aliphatic hydroxyl groups is 1. The predicted molar refractivity (Wildman–Crippen MR) is 82.1 cm³/mol. The molecule has 0 fully saturated rings. The smallest absolute Gasteiger partial charge is 0.161 e. The van der Waals surface area contributed by atoms with Gasteiger partial charge in [-0.1, -0.05) is 12.1 Å². The quantitative estimate of drug-likeness (QED) is 0.692. The summed E-state index contributed by atoms with van der Waals surface area (Å²) in [4.78, 5) is 4.24. The van der Waals surface area contributed by atoms with Crippen molar-refractivity contribution in [2.75, 3.05) is 7.11 Å². The van der Waals surface area contributed by atoms with Gasteiger partial charge >= 0.3 is 0 Å². The summed E-state index contributed by atoms with van der Waals surface area (Å²) in [5, 5.41) is 31.3. The number of fused-ring (bicyclic) bond motifs is 1. The number of hydrogen-bond acceptors (Lipinski definition) is 5. The van der Waals surface area contributed by atoms with E-state index in [-0.39, 0.29) is 11.5 Å². The van der Waals surface area contributed by atoms with Crippen molar-refractivity contribution < 1.29 is 20.1 Å². The van der Waals surface area contributed by atoms with Crippen LogP contribution in [0.4, 0.5) is 0 Å². The second-order valence-electron chi connectivity index (χ2n) is 4.94. The van der Waals surface area contributed by atoms with Crippen molar-refractivity contribution in [1.82, 2.24) is 4.98 Å². The molecule has 0 radical (unpaired) electrons. The van der Waals surface area contributed by atoms with Crippen LogP contribution in [0.5, 0.6) is 17.2 Å². The van der Waals surface area contributed by atoms with Crippen LogP contribution in [-0.4, -0.2) is 27.4 Å². The Morgan fingerprint density at radius 2 is 1.77 bits per heavy atom. The molecule has 3 N–H and O–H groups in total. The fourth-order valence-corrected chi connectivity index (χ4v) is 2.41. The van der Waals surface area contributed by atoms with Gasteiger partial charge in [-0.15, -0.1) is 0 Å². The molecule has 112 valence electrons. The zero-order valence-electron chi connectivity index (χ0n) is 11.9. The highest BCUT2D eigenvalue weighted by molar-refractivity contribution is 5.88. The molecule has 1 heterocycles. The van der Waals surface area contributed by atoms with Crippen LogP contribution in [0.3, 0.4) is 0 Å². The lowest BCUT2D eigenvalue weighted by molar-refractivity contribution is 0.217. The van der Waals surface area contributed by atoms with Crippen molar-refractivity contribution >= 4 is 10.8 Å². The van der Waals surface area contributed by atoms with Crippen LogP contribution in [0.25, 0.3) is 10.8 Å². The van der Waals surface area contributed by atoms with Gasteiger partial charge in [0.15, 0.2) is 11.5 Å². The molecule has 1 atom stereocenters. The first kappa shape index (κ1) is 14.2.